The maximum atomic E-state index is 12.5. The van der Waals surface area contributed by atoms with Gasteiger partial charge in [0, 0.05) is 28.6 Å². The molecular weight excluding hydrogens is 448 g/mol. The van der Waals surface area contributed by atoms with E-state index in [4.69, 9.17) is 4.74 Å². The monoisotopic (exact) mass is 464 g/mol. The minimum atomic E-state index is -0.290. The first kappa shape index (κ1) is 19.8. The first-order valence-electron chi connectivity index (χ1n) is 9.30. The molecule has 4 rings (SSSR count). The summed E-state index contributed by atoms with van der Waals surface area (Å²) in [4.78, 5) is 37.3. The standard InChI is InChI=1S/C23H17BrN2O4/c24-16-3-9-19(10-4-16)30-20-11-5-17(6-12-20)25-23(29)15-1-7-18(8-2-15)26-21(27)13-14-22(26)28/h1-12H,13-14H2,(H,25,29). The van der Waals surface area contributed by atoms with Gasteiger partial charge in [0.2, 0.25) is 11.8 Å². The van der Waals surface area contributed by atoms with E-state index in [1.54, 1.807) is 48.5 Å². The van der Waals surface area contributed by atoms with Crippen LogP contribution in [0.25, 0.3) is 0 Å². The van der Waals surface area contributed by atoms with Gasteiger partial charge in [-0.2, -0.15) is 0 Å². The van der Waals surface area contributed by atoms with Crippen molar-refractivity contribution in [3.05, 3.63) is 82.8 Å². The van der Waals surface area contributed by atoms with Gasteiger partial charge in [-0.25, -0.2) is 0 Å². The Labute approximate surface area is 181 Å². The van der Waals surface area contributed by atoms with Crippen LogP contribution in [0.1, 0.15) is 23.2 Å². The Kier molecular flexibility index (Phi) is 5.63. The van der Waals surface area contributed by atoms with Crippen LogP contribution in [0.15, 0.2) is 77.3 Å². The summed E-state index contributed by atoms with van der Waals surface area (Å²) in [6, 6.07) is 20.9. The van der Waals surface area contributed by atoms with Crippen LogP contribution in [0, 0.1) is 0 Å². The maximum Gasteiger partial charge on any atom is 0.255 e. The highest BCUT2D eigenvalue weighted by Crippen LogP contribution is 2.25. The molecule has 0 unspecified atom stereocenters. The average molecular weight is 465 g/mol. The van der Waals surface area contributed by atoms with E-state index in [9.17, 15) is 14.4 Å². The third-order valence-electron chi connectivity index (χ3n) is 4.60. The average Bonchev–Trinajstić information content (AvgIpc) is 3.09. The van der Waals surface area contributed by atoms with E-state index < -0.39 is 0 Å². The van der Waals surface area contributed by atoms with E-state index in [-0.39, 0.29) is 30.6 Å². The molecule has 0 aromatic heterocycles. The number of imide groups is 1. The molecule has 0 saturated carbocycles. The van der Waals surface area contributed by atoms with E-state index in [0.29, 0.717) is 28.4 Å². The van der Waals surface area contributed by atoms with Gasteiger partial charge in [0.1, 0.15) is 11.5 Å². The Balaban J connectivity index is 1.39. The van der Waals surface area contributed by atoms with E-state index in [2.05, 4.69) is 21.2 Å². The quantitative estimate of drug-likeness (QED) is 0.529. The van der Waals surface area contributed by atoms with Crippen molar-refractivity contribution >= 4 is 45.0 Å². The number of carbonyl (C=O) groups excluding carboxylic acids is 3. The highest BCUT2D eigenvalue weighted by molar-refractivity contribution is 9.10. The zero-order valence-corrected chi connectivity index (χ0v) is 17.4. The van der Waals surface area contributed by atoms with Crippen molar-refractivity contribution in [3.63, 3.8) is 0 Å². The number of halogens is 1. The first-order valence-corrected chi connectivity index (χ1v) is 10.1. The van der Waals surface area contributed by atoms with Gasteiger partial charge in [-0.05, 0) is 72.8 Å². The van der Waals surface area contributed by atoms with Crippen molar-refractivity contribution in [2.75, 3.05) is 10.2 Å². The first-order chi connectivity index (χ1) is 14.5. The van der Waals surface area contributed by atoms with Crippen LogP contribution >= 0.6 is 15.9 Å². The Morgan fingerprint density at radius 1 is 0.800 bits per heavy atom. The van der Waals surface area contributed by atoms with Gasteiger partial charge in [-0.3, -0.25) is 19.3 Å². The Bertz CT molecular complexity index is 1080. The summed E-state index contributed by atoms with van der Waals surface area (Å²) in [5.41, 5.74) is 1.53. The van der Waals surface area contributed by atoms with Gasteiger partial charge >= 0.3 is 0 Å². The molecule has 6 nitrogen and oxygen atoms in total. The molecule has 150 valence electrons. The summed E-state index contributed by atoms with van der Waals surface area (Å²) in [5.74, 6) is 0.636. The van der Waals surface area contributed by atoms with Gasteiger partial charge in [0.05, 0.1) is 5.69 Å². The summed E-state index contributed by atoms with van der Waals surface area (Å²) in [6.45, 7) is 0. The van der Waals surface area contributed by atoms with Crippen LogP contribution in [0.3, 0.4) is 0 Å². The van der Waals surface area contributed by atoms with Crippen molar-refractivity contribution in [1.29, 1.82) is 0 Å². The zero-order valence-electron chi connectivity index (χ0n) is 15.8. The molecule has 0 spiro atoms. The number of anilines is 2. The minimum absolute atomic E-state index is 0.220. The summed E-state index contributed by atoms with van der Waals surface area (Å²) in [5, 5.41) is 2.82. The van der Waals surface area contributed by atoms with Gasteiger partial charge in [-0.15, -0.1) is 0 Å². The summed E-state index contributed by atoms with van der Waals surface area (Å²) in [6.07, 6.45) is 0.450. The number of ether oxygens (including phenoxy) is 1. The van der Waals surface area contributed by atoms with Crippen molar-refractivity contribution in [2.45, 2.75) is 12.8 Å². The van der Waals surface area contributed by atoms with Crippen molar-refractivity contribution in [1.82, 2.24) is 0 Å². The predicted molar refractivity (Wildman–Crippen MR) is 117 cm³/mol. The molecule has 1 fully saturated rings. The highest BCUT2D eigenvalue weighted by Gasteiger charge is 2.30. The molecule has 0 aliphatic carbocycles. The molecule has 3 aromatic rings. The molecule has 1 heterocycles. The van der Waals surface area contributed by atoms with Gasteiger partial charge in [0.15, 0.2) is 0 Å². The zero-order chi connectivity index (χ0) is 21.1. The van der Waals surface area contributed by atoms with Crippen molar-refractivity contribution in [2.24, 2.45) is 0 Å². The van der Waals surface area contributed by atoms with Gasteiger partial charge in [-0.1, -0.05) is 15.9 Å². The smallest absolute Gasteiger partial charge is 0.255 e. The topological polar surface area (TPSA) is 75.7 Å². The summed E-state index contributed by atoms with van der Waals surface area (Å²) in [7, 11) is 0. The summed E-state index contributed by atoms with van der Waals surface area (Å²) >= 11 is 3.38. The van der Waals surface area contributed by atoms with Crippen molar-refractivity contribution in [3.8, 4) is 11.5 Å². The number of nitrogens with one attached hydrogen (secondary N) is 1. The second-order valence-corrected chi connectivity index (χ2v) is 7.62. The predicted octanol–water partition coefficient (Wildman–Crippen LogP) is 5.15. The molecule has 0 bridgehead atoms. The molecular formula is C23H17BrN2O4. The van der Waals surface area contributed by atoms with Crippen LogP contribution in [0.2, 0.25) is 0 Å². The molecule has 3 aromatic carbocycles. The number of hydrogen-bond acceptors (Lipinski definition) is 4. The van der Waals surface area contributed by atoms with Crippen LogP contribution in [0.4, 0.5) is 11.4 Å². The number of benzene rings is 3. The number of rotatable bonds is 5. The van der Waals surface area contributed by atoms with E-state index in [0.717, 1.165) is 9.37 Å². The second kappa shape index (κ2) is 8.51. The number of hydrogen-bond donors (Lipinski definition) is 1. The van der Waals surface area contributed by atoms with Gasteiger partial charge in [0.25, 0.3) is 5.91 Å². The molecule has 1 aliphatic rings. The molecule has 0 atom stereocenters. The molecule has 1 saturated heterocycles. The lowest BCUT2D eigenvalue weighted by atomic mass is 10.1. The lowest BCUT2D eigenvalue weighted by Crippen LogP contribution is -2.28. The molecule has 1 aliphatic heterocycles. The van der Waals surface area contributed by atoms with E-state index in [1.807, 2.05) is 24.3 Å². The van der Waals surface area contributed by atoms with E-state index in [1.165, 1.54) is 0 Å². The number of nitrogens with zero attached hydrogens (tertiary/aromatic N) is 1. The fourth-order valence-electron chi connectivity index (χ4n) is 3.07. The van der Waals surface area contributed by atoms with Crippen LogP contribution < -0.4 is 15.0 Å². The number of carbonyl (C=O) groups is 3. The van der Waals surface area contributed by atoms with Crippen LogP contribution in [-0.2, 0) is 9.59 Å². The minimum Gasteiger partial charge on any atom is -0.457 e. The van der Waals surface area contributed by atoms with Crippen LogP contribution in [0.5, 0.6) is 11.5 Å². The maximum absolute atomic E-state index is 12.5. The fraction of sp³-hybridized carbons (Fsp3) is 0.0870. The van der Waals surface area contributed by atoms with E-state index >= 15 is 0 Å². The highest BCUT2D eigenvalue weighted by atomic mass is 79.9. The van der Waals surface area contributed by atoms with Crippen molar-refractivity contribution < 1.29 is 19.1 Å². The van der Waals surface area contributed by atoms with Crippen LogP contribution in [-0.4, -0.2) is 17.7 Å². The Morgan fingerprint density at radius 3 is 1.90 bits per heavy atom. The number of amides is 3. The third-order valence-corrected chi connectivity index (χ3v) is 5.13. The SMILES string of the molecule is O=C(Nc1ccc(Oc2ccc(Br)cc2)cc1)c1ccc(N2C(=O)CCC2=O)cc1. The lowest BCUT2D eigenvalue weighted by molar-refractivity contribution is -0.121. The fourth-order valence-corrected chi connectivity index (χ4v) is 3.34. The lowest BCUT2D eigenvalue weighted by Gasteiger charge is -2.14. The Hall–Kier alpha value is -3.45. The largest absolute Gasteiger partial charge is 0.457 e. The summed E-state index contributed by atoms with van der Waals surface area (Å²) < 4.78 is 6.74. The second-order valence-electron chi connectivity index (χ2n) is 6.70. The molecule has 1 N–H and O–H groups in total. The molecule has 30 heavy (non-hydrogen) atoms. The molecule has 0 radical (unpaired) electrons. The van der Waals surface area contributed by atoms with Gasteiger partial charge < -0.3 is 10.1 Å². The third kappa shape index (κ3) is 4.41. The normalized spacial score (nSPS) is 13.4. The molecule has 7 heteroatoms. The molecule has 3 amide bonds. The Morgan fingerprint density at radius 2 is 1.33 bits per heavy atom.